The number of hydrogen-bond donors (Lipinski definition) is 0. The van der Waals surface area contributed by atoms with Gasteiger partial charge in [0.1, 0.15) is 0 Å². The monoisotopic (exact) mass is 364 g/mol. The number of allylic oxidation sites excluding steroid dienone is 3. The van der Waals surface area contributed by atoms with Gasteiger partial charge in [0, 0.05) is 0 Å². The summed E-state index contributed by atoms with van der Waals surface area (Å²) in [6.07, 6.45) is 28.8. The third-order valence-electron chi connectivity index (χ3n) is 4.29. The van der Waals surface area contributed by atoms with Crippen molar-refractivity contribution in [3.63, 3.8) is 0 Å². The molecule has 0 aromatic rings. The van der Waals surface area contributed by atoms with Crippen LogP contribution < -0.4 is 0 Å². The Hall–Kier alpha value is -0.780. The molecule has 0 saturated carbocycles. The first-order valence-corrected chi connectivity index (χ1v) is 11.6. The maximum atomic E-state index is 3.72. The van der Waals surface area contributed by atoms with Crippen LogP contribution in [0.25, 0.3) is 0 Å². The molecule has 0 heteroatoms. The predicted octanol–water partition coefficient (Wildman–Crippen LogP) is 10.2. The third-order valence-corrected chi connectivity index (χ3v) is 4.29. The first-order chi connectivity index (χ1) is 12.7. The molecule has 0 spiro atoms. The molecule has 0 aliphatic rings. The highest BCUT2D eigenvalue weighted by atomic mass is 14.0. The summed E-state index contributed by atoms with van der Waals surface area (Å²) in [6, 6.07) is 0. The molecule has 26 heavy (non-hydrogen) atoms. The van der Waals surface area contributed by atoms with Crippen LogP contribution in [-0.2, 0) is 0 Å². The minimum atomic E-state index is 1.18. The van der Waals surface area contributed by atoms with Gasteiger partial charge in [-0.05, 0) is 32.1 Å². The Morgan fingerprint density at radius 2 is 0.654 bits per heavy atom. The fourth-order valence-electron chi connectivity index (χ4n) is 2.49. The van der Waals surface area contributed by atoms with Crippen LogP contribution in [-0.4, -0.2) is 0 Å². The van der Waals surface area contributed by atoms with Crippen molar-refractivity contribution >= 4 is 0 Å². The molecule has 0 aromatic carbocycles. The lowest BCUT2D eigenvalue weighted by atomic mass is 10.1. The van der Waals surface area contributed by atoms with E-state index in [2.05, 4.69) is 40.5 Å². The van der Waals surface area contributed by atoms with Crippen LogP contribution in [0.2, 0.25) is 0 Å². The summed E-state index contributed by atoms with van der Waals surface area (Å²) in [4.78, 5) is 0. The molecule has 0 bridgehead atoms. The van der Waals surface area contributed by atoms with Crippen molar-refractivity contribution in [2.75, 3.05) is 0 Å². The minimum Gasteiger partial charge on any atom is -0.103 e. The van der Waals surface area contributed by atoms with Crippen molar-refractivity contribution in [3.8, 4) is 0 Å². The van der Waals surface area contributed by atoms with Gasteiger partial charge >= 0.3 is 0 Å². The Kier molecular flexibility index (Phi) is 40.7. The van der Waals surface area contributed by atoms with Crippen molar-refractivity contribution in [3.05, 3.63) is 38.0 Å². The van der Waals surface area contributed by atoms with Gasteiger partial charge in [-0.2, -0.15) is 0 Å². The molecule has 0 heterocycles. The summed E-state index contributed by atoms with van der Waals surface area (Å²) in [5.74, 6) is 0. The lowest BCUT2D eigenvalue weighted by molar-refractivity contribution is 0.578. The van der Waals surface area contributed by atoms with Gasteiger partial charge in [0.2, 0.25) is 0 Å². The molecule has 0 aromatic heterocycles. The van der Waals surface area contributed by atoms with E-state index in [4.69, 9.17) is 0 Å². The molecular formula is C26H52. The topological polar surface area (TPSA) is 0 Å². The summed E-state index contributed by atoms with van der Waals surface area (Å²) >= 11 is 0. The van der Waals surface area contributed by atoms with Crippen molar-refractivity contribution in [2.45, 2.75) is 130 Å². The zero-order valence-corrected chi connectivity index (χ0v) is 18.9. The van der Waals surface area contributed by atoms with Crippen LogP contribution in [0.3, 0.4) is 0 Å². The Morgan fingerprint density at radius 1 is 0.385 bits per heavy atom. The van der Waals surface area contributed by atoms with Gasteiger partial charge in [0.15, 0.2) is 0 Å². The first-order valence-electron chi connectivity index (χ1n) is 11.6. The fourth-order valence-corrected chi connectivity index (χ4v) is 2.49. The molecule has 0 rings (SSSR count). The largest absolute Gasteiger partial charge is 0.103 e. The lowest BCUT2D eigenvalue weighted by Crippen LogP contribution is -1.79. The second-order valence-electron chi connectivity index (χ2n) is 7.12. The molecule has 0 fully saturated rings. The van der Waals surface area contributed by atoms with E-state index in [9.17, 15) is 0 Å². The van der Waals surface area contributed by atoms with E-state index >= 15 is 0 Å². The maximum Gasteiger partial charge on any atom is -0.0353 e. The summed E-state index contributed by atoms with van der Waals surface area (Å²) in [5, 5.41) is 0. The van der Waals surface area contributed by atoms with Gasteiger partial charge in [-0.1, -0.05) is 116 Å². The number of rotatable bonds is 17. The van der Waals surface area contributed by atoms with Crippen LogP contribution in [0, 0.1) is 0 Å². The molecule has 0 N–H and O–H groups in total. The van der Waals surface area contributed by atoms with Crippen LogP contribution in [0.1, 0.15) is 130 Å². The van der Waals surface area contributed by atoms with Crippen molar-refractivity contribution in [2.24, 2.45) is 0 Å². The first kappa shape index (κ1) is 30.0. The Morgan fingerprint density at radius 3 is 0.962 bits per heavy atom. The normalized spacial score (nSPS) is 9.35. The maximum absolute atomic E-state index is 3.72. The second kappa shape index (κ2) is 35.4. The van der Waals surface area contributed by atoms with E-state index in [1.807, 2.05) is 18.2 Å². The highest BCUT2D eigenvalue weighted by Gasteiger charge is 1.89. The molecule has 0 aliphatic heterocycles. The van der Waals surface area contributed by atoms with E-state index < -0.39 is 0 Å². The molecule has 0 aliphatic carbocycles. The van der Waals surface area contributed by atoms with E-state index in [0.29, 0.717) is 0 Å². The average molecular weight is 365 g/mol. The molecule has 0 radical (unpaired) electrons. The Balaban J connectivity index is -0.000000328. The van der Waals surface area contributed by atoms with Crippen molar-refractivity contribution in [1.82, 2.24) is 0 Å². The fraction of sp³-hybridized carbons (Fsp3) is 0.769. The van der Waals surface area contributed by atoms with Gasteiger partial charge in [-0.15, -0.1) is 19.7 Å². The quantitative estimate of drug-likeness (QED) is 0.178. The van der Waals surface area contributed by atoms with Gasteiger partial charge in [0.25, 0.3) is 0 Å². The van der Waals surface area contributed by atoms with Gasteiger partial charge in [-0.25, -0.2) is 0 Å². The molecule has 0 amide bonds. The molecule has 156 valence electrons. The van der Waals surface area contributed by atoms with Gasteiger partial charge in [0.05, 0.1) is 0 Å². The summed E-state index contributed by atoms with van der Waals surface area (Å²) in [5.41, 5.74) is 0. The van der Waals surface area contributed by atoms with Crippen molar-refractivity contribution in [1.29, 1.82) is 0 Å². The van der Waals surface area contributed by atoms with Crippen LogP contribution in [0.15, 0.2) is 38.0 Å². The molecule has 0 saturated heterocycles. The van der Waals surface area contributed by atoms with E-state index in [0.717, 1.165) is 0 Å². The van der Waals surface area contributed by atoms with E-state index in [1.54, 1.807) is 0 Å². The Bertz CT molecular complexity index is 238. The zero-order valence-electron chi connectivity index (χ0n) is 18.9. The second-order valence-corrected chi connectivity index (χ2v) is 7.12. The van der Waals surface area contributed by atoms with Crippen LogP contribution in [0.4, 0.5) is 0 Å². The smallest absolute Gasteiger partial charge is 0.0353 e. The summed E-state index contributed by atoms with van der Waals surface area (Å²) in [7, 11) is 0. The SMILES string of the molecule is C=CCCCC.C=CCCCCCC.C=CCCCCCCCCCC. The highest BCUT2D eigenvalue weighted by molar-refractivity contribution is 4.66. The summed E-state index contributed by atoms with van der Waals surface area (Å²) in [6.45, 7) is 17.7. The zero-order chi connectivity index (χ0) is 20.1. The minimum absolute atomic E-state index is 1.18. The van der Waals surface area contributed by atoms with E-state index in [-0.39, 0.29) is 0 Å². The molecular weight excluding hydrogens is 312 g/mol. The van der Waals surface area contributed by atoms with Gasteiger partial charge in [-0.3, -0.25) is 0 Å². The van der Waals surface area contributed by atoms with Crippen LogP contribution in [0.5, 0.6) is 0 Å². The van der Waals surface area contributed by atoms with Crippen LogP contribution >= 0.6 is 0 Å². The van der Waals surface area contributed by atoms with E-state index in [1.165, 1.54) is 109 Å². The number of hydrogen-bond acceptors (Lipinski definition) is 0. The number of unbranched alkanes of at least 4 members (excludes halogenated alkanes) is 14. The lowest BCUT2D eigenvalue weighted by Gasteiger charge is -1.99. The molecule has 0 atom stereocenters. The van der Waals surface area contributed by atoms with Gasteiger partial charge < -0.3 is 0 Å². The average Bonchev–Trinajstić information content (AvgIpc) is 2.67. The molecule has 0 nitrogen and oxygen atoms in total. The predicted molar refractivity (Wildman–Crippen MR) is 126 cm³/mol. The van der Waals surface area contributed by atoms with Crippen molar-refractivity contribution < 1.29 is 0 Å². The third kappa shape index (κ3) is 43.6. The molecule has 0 unspecified atom stereocenters. The summed E-state index contributed by atoms with van der Waals surface area (Å²) < 4.78 is 0. The highest BCUT2D eigenvalue weighted by Crippen LogP contribution is 2.09. The standard InChI is InChI=1S/C12H24.C8H16.C6H12/c1-3-5-7-9-11-12-10-8-6-4-2;1-3-5-7-8-6-4-2;1-3-5-6-4-2/h3H,1,4-12H2,2H3;3H,1,4-8H2,2H3;3H,1,4-6H2,2H3. The Labute approximate surface area is 168 Å².